The summed E-state index contributed by atoms with van der Waals surface area (Å²) >= 11 is 0. The Kier molecular flexibility index (Phi) is 8.76. The number of Topliss-reactive ketones (excluding diaryl/α,β-unsaturated/α-hetero) is 1. The highest BCUT2D eigenvalue weighted by Crippen LogP contribution is 2.42. The van der Waals surface area contributed by atoms with Crippen LogP contribution < -0.4 is 14.2 Å². The van der Waals surface area contributed by atoms with Crippen LogP contribution in [-0.2, 0) is 9.59 Å². The number of unbranched alkanes of at least 4 members (excludes halogenated alkanes) is 1. The number of hydrogen-bond donors (Lipinski definition) is 1. The SMILES string of the molecule is CCCCOc1ccc(/C(O)=C2\C(=O)C(=O)N(CCN(C)C)C2c2ccc(OC)c(OC)c2)cc1. The molecule has 1 atom stereocenters. The minimum absolute atomic E-state index is 0.0422. The number of likely N-dealkylation sites (N-methyl/N-ethyl adjacent to an activating group) is 1. The van der Waals surface area contributed by atoms with E-state index in [9.17, 15) is 14.7 Å². The van der Waals surface area contributed by atoms with Gasteiger partial charge in [-0.15, -0.1) is 0 Å². The number of carbonyl (C=O) groups is 2. The number of ketones is 1. The van der Waals surface area contributed by atoms with Crippen molar-refractivity contribution >= 4 is 17.4 Å². The molecule has 8 heteroatoms. The molecular formula is C27H34N2O6. The molecule has 3 rings (SSSR count). The van der Waals surface area contributed by atoms with E-state index in [2.05, 4.69) is 6.92 Å². The fraction of sp³-hybridized carbons (Fsp3) is 0.407. The van der Waals surface area contributed by atoms with E-state index in [0.717, 1.165) is 12.8 Å². The van der Waals surface area contributed by atoms with E-state index >= 15 is 0 Å². The summed E-state index contributed by atoms with van der Waals surface area (Å²) in [5.41, 5.74) is 1.12. The maximum Gasteiger partial charge on any atom is 0.295 e. The number of ether oxygens (including phenoxy) is 3. The van der Waals surface area contributed by atoms with E-state index in [0.29, 0.717) is 48.1 Å². The second-order valence-electron chi connectivity index (χ2n) is 8.64. The van der Waals surface area contributed by atoms with Crippen molar-refractivity contribution in [2.75, 3.05) is 48.0 Å². The van der Waals surface area contributed by atoms with Crippen molar-refractivity contribution < 1.29 is 28.9 Å². The standard InChI is InChI=1S/C27H34N2O6/c1-6-7-16-35-20-11-8-18(9-12-20)25(30)23-24(19-10-13-21(33-4)22(17-19)34-5)29(15-14-28(2)3)27(32)26(23)31/h8-13,17,24,30H,6-7,14-16H2,1-5H3/b25-23+. The Bertz CT molecular complexity index is 1080. The van der Waals surface area contributed by atoms with E-state index < -0.39 is 17.7 Å². The lowest BCUT2D eigenvalue weighted by Crippen LogP contribution is -2.35. The van der Waals surface area contributed by atoms with Crippen molar-refractivity contribution in [3.63, 3.8) is 0 Å². The van der Waals surface area contributed by atoms with E-state index in [1.54, 1.807) is 42.5 Å². The minimum atomic E-state index is -0.768. The Morgan fingerprint density at radius 3 is 2.31 bits per heavy atom. The molecular weight excluding hydrogens is 448 g/mol. The first-order valence-corrected chi connectivity index (χ1v) is 11.7. The first kappa shape index (κ1) is 26.1. The summed E-state index contributed by atoms with van der Waals surface area (Å²) in [6.07, 6.45) is 1.98. The molecule has 188 valence electrons. The number of amides is 1. The van der Waals surface area contributed by atoms with Gasteiger partial charge >= 0.3 is 0 Å². The molecule has 1 amide bonds. The van der Waals surface area contributed by atoms with Crippen LogP contribution in [-0.4, -0.2) is 74.6 Å². The Labute approximate surface area is 206 Å². The lowest BCUT2D eigenvalue weighted by molar-refractivity contribution is -0.140. The molecule has 1 unspecified atom stereocenters. The van der Waals surface area contributed by atoms with Gasteiger partial charge in [-0.2, -0.15) is 0 Å². The molecule has 35 heavy (non-hydrogen) atoms. The van der Waals surface area contributed by atoms with Gasteiger partial charge in [-0.25, -0.2) is 0 Å². The lowest BCUT2D eigenvalue weighted by Gasteiger charge is -2.27. The third kappa shape index (κ3) is 5.77. The van der Waals surface area contributed by atoms with Crippen LogP contribution in [0.4, 0.5) is 0 Å². The highest BCUT2D eigenvalue weighted by atomic mass is 16.5. The van der Waals surface area contributed by atoms with Gasteiger partial charge < -0.3 is 29.1 Å². The zero-order chi connectivity index (χ0) is 25.5. The average molecular weight is 483 g/mol. The number of nitrogens with zero attached hydrogens (tertiary/aromatic N) is 2. The summed E-state index contributed by atoms with van der Waals surface area (Å²) in [6, 6.07) is 11.3. The van der Waals surface area contributed by atoms with Gasteiger partial charge in [0.1, 0.15) is 11.5 Å². The van der Waals surface area contributed by atoms with Crippen molar-refractivity contribution in [2.24, 2.45) is 0 Å². The summed E-state index contributed by atoms with van der Waals surface area (Å²) in [7, 11) is 6.85. The fourth-order valence-corrected chi connectivity index (χ4v) is 3.99. The van der Waals surface area contributed by atoms with E-state index in [1.165, 1.54) is 19.1 Å². The summed E-state index contributed by atoms with van der Waals surface area (Å²) in [4.78, 5) is 29.7. The topological polar surface area (TPSA) is 88.5 Å². The number of aliphatic hydroxyl groups excluding tert-OH is 1. The minimum Gasteiger partial charge on any atom is -0.507 e. The molecule has 0 aromatic heterocycles. The third-order valence-corrected chi connectivity index (χ3v) is 5.95. The quantitative estimate of drug-likeness (QED) is 0.225. The van der Waals surface area contributed by atoms with Crippen LogP contribution in [0, 0.1) is 0 Å². The molecule has 0 saturated carbocycles. The third-order valence-electron chi connectivity index (χ3n) is 5.95. The Morgan fingerprint density at radius 2 is 1.71 bits per heavy atom. The molecule has 0 aliphatic carbocycles. The van der Waals surface area contributed by atoms with Gasteiger partial charge in [-0.1, -0.05) is 19.4 Å². The molecule has 1 saturated heterocycles. The van der Waals surface area contributed by atoms with Crippen molar-refractivity contribution in [1.82, 2.24) is 9.80 Å². The van der Waals surface area contributed by atoms with Gasteiger partial charge in [0.05, 0.1) is 32.4 Å². The Balaban J connectivity index is 2.06. The normalized spacial score (nSPS) is 17.2. The number of rotatable bonds is 11. The van der Waals surface area contributed by atoms with Crippen molar-refractivity contribution in [1.29, 1.82) is 0 Å². The number of likely N-dealkylation sites (tertiary alicyclic amines) is 1. The van der Waals surface area contributed by atoms with Gasteiger partial charge in [0.25, 0.3) is 11.7 Å². The van der Waals surface area contributed by atoms with Crippen molar-refractivity contribution in [2.45, 2.75) is 25.8 Å². The van der Waals surface area contributed by atoms with Crippen LogP contribution in [0.1, 0.15) is 36.9 Å². The predicted octanol–water partition coefficient (Wildman–Crippen LogP) is 3.87. The summed E-state index contributed by atoms with van der Waals surface area (Å²) in [5.74, 6) is 0.0856. The van der Waals surface area contributed by atoms with Gasteiger partial charge in [0.15, 0.2) is 11.5 Å². The monoisotopic (exact) mass is 482 g/mol. The second-order valence-corrected chi connectivity index (χ2v) is 8.64. The number of hydrogen-bond acceptors (Lipinski definition) is 7. The molecule has 1 N–H and O–H groups in total. The molecule has 0 bridgehead atoms. The van der Waals surface area contributed by atoms with Crippen molar-refractivity contribution in [3.8, 4) is 17.2 Å². The molecule has 0 spiro atoms. The predicted molar refractivity (Wildman–Crippen MR) is 134 cm³/mol. The van der Waals surface area contributed by atoms with E-state index in [1.807, 2.05) is 19.0 Å². The van der Waals surface area contributed by atoms with Crippen LogP contribution in [0.25, 0.3) is 5.76 Å². The maximum atomic E-state index is 13.2. The van der Waals surface area contributed by atoms with Crippen molar-refractivity contribution in [3.05, 3.63) is 59.2 Å². The maximum absolute atomic E-state index is 13.2. The average Bonchev–Trinajstić information content (AvgIpc) is 3.12. The highest BCUT2D eigenvalue weighted by Gasteiger charge is 2.46. The summed E-state index contributed by atoms with van der Waals surface area (Å²) in [6.45, 7) is 3.57. The fourth-order valence-electron chi connectivity index (χ4n) is 3.99. The smallest absolute Gasteiger partial charge is 0.295 e. The molecule has 8 nitrogen and oxygen atoms in total. The van der Waals surface area contributed by atoms with Crippen LogP contribution in [0.3, 0.4) is 0 Å². The van der Waals surface area contributed by atoms with Gasteiger partial charge in [0.2, 0.25) is 0 Å². The molecule has 0 radical (unpaired) electrons. The zero-order valence-electron chi connectivity index (χ0n) is 21.0. The number of carbonyl (C=O) groups excluding carboxylic acids is 2. The van der Waals surface area contributed by atoms with Crippen LogP contribution in [0.5, 0.6) is 17.2 Å². The second kappa shape index (κ2) is 11.8. The number of benzene rings is 2. The van der Waals surface area contributed by atoms with Crippen LogP contribution in [0.2, 0.25) is 0 Å². The van der Waals surface area contributed by atoms with E-state index in [-0.39, 0.29) is 11.3 Å². The molecule has 1 heterocycles. The summed E-state index contributed by atoms with van der Waals surface area (Å²) in [5, 5.41) is 11.2. The number of aliphatic hydroxyl groups is 1. The number of methoxy groups -OCH3 is 2. The van der Waals surface area contributed by atoms with E-state index in [4.69, 9.17) is 14.2 Å². The molecule has 1 aliphatic heterocycles. The van der Waals surface area contributed by atoms with Gasteiger partial charge in [-0.3, -0.25) is 9.59 Å². The van der Waals surface area contributed by atoms with Crippen LogP contribution in [0.15, 0.2) is 48.0 Å². The zero-order valence-corrected chi connectivity index (χ0v) is 21.0. The first-order valence-electron chi connectivity index (χ1n) is 11.7. The largest absolute Gasteiger partial charge is 0.507 e. The van der Waals surface area contributed by atoms with Gasteiger partial charge in [0, 0.05) is 18.7 Å². The lowest BCUT2D eigenvalue weighted by atomic mass is 9.95. The molecule has 2 aromatic carbocycles. The van der Waals surface area contributed by atoms with Crippen LogP contribution >= 0.6 is 0 Å². The molecule has 2 aromatic rings. The Hall–Kier alpha value is -3.52. The molecule has 1 fully saturated rings. The highest BCUT2D eigenvalue weighted by molar-refractivity contribution is 6.46. The molecule has 1 aliphatic rings. The Morgan fingerprint density at radius 1 is 1.03 bits per heavy atom. The van der Waals surface area contributed by atoms with Gasteiger partial charge in [-0.05, 0) is 62.5 Å². The first-order chi connectivity index (χ1) is 16.8. The summed E-state index contributed by atoms with van der Waals surface area (Å²) < 4.78 is 16.5.